The van der Waals surface area contributed by atoms with Crippen molar-refractivity contribution in [3.63, 3.8) is 0 Å². The normalized spacial score (nSPS) is 29.9. The van der Waals surface area contributed by atoms with Gasteiger partial charge in [-0.15, -0.1) is 0 Å². The third-order valence-corrected chi connectivity index (χ3v) is 8.24. The number of nitrogens with zero attached hydrogens (tertiary/aromatic N) is 1. The van der Waals surface area contributed by atoms with Crippen LogP contribution < -0.4 is 0 Å². The van der Waals surface area contributed by atoms with Crippen molar-refractivity contribution in [2.75, 3.05) is 55.2 Å². The molecule has 0 bridgehead atoms. The Labute approximate surface area is 214 Å². The molecule has 0 aromatic heterocycles. The number of fused-ring (bicyclic) bond motifs is 2. The number of likely N-dealkylation sites (tertiary alicyclic amines) is 1. The highest BCUT2D eigenvalue weighted by Gasteiger charge is 2.47. The summed E-state index contributed by atoms with van der Waals surface area (Å²) < 4.78 is 35.2. The highest BCUT2D eigenvalue weighted by Crippen LogP contribution is 2.51. The van der Waals surface area contributed by atoms with Gasteiger partial charge in [0.15, 0.2) is 11.5 Å². The Morgan fingerprint density at radius 1 is 0.917 bits per heavy atom. The molecule has 0 amide bonds. The molecule has 1 saturated heterocycles. The van der Waals surface area contributed by atoms with Gasteiger partial charge in [0, 0.05) is 46.2 Å². The molecule has 0 aromatic carbocycles. The zero-order chi connectivity index (χ0) is 25.2. The van der Waals surface area contributed by atoms with Crippen LogP contribution in [0.25, 0.3) is 0 Å². The number of hydrogen-bond acceptors (Lipinski definition) is 7. The summed E-state index contributed by atoms with van der Waals surface area (Å²) in [6.45, 7) is 2.48. The topological polar surface area (TPSA) is 58.6 Å². The highest BCUT2D eigenvalue weighted by molar-refractivity contribution is 5.59. The predicted molar refractivity (Wildman–Crippen MR) is 137 cm³/mol. The second kappa shape index (κ2) is 10.9. The first-order valence-electron chi connectivity index (χ1n) is 13.0. The fraction of sp³-hybridized carbons (Fsp3) is 0.586. The van der Waals surface area contributed by atoms with Gasteiger partial charge in [-0.05, 0) is 65.7 Å². The molecule has 7 heteroatoms. The predicted octanol–water partition coefficient (Wildman–Crippen LogP) is 4.41. The number of allylic oxidation sites excluding steroid dienone is 5. The number of rotatable bonds is 9. The van der Waals surface area contributed by atoms with Gasteiger partial charge in [-0.3, -0.25) is 4.90 Å². The maximum absolute atomic E-state index is 6.20. The summed E-state index contributed by atoms with van der Waals surface area (Å²) in [7, 11) is 8.72. The molecule has 7 nitrogen and oxygen atoms in total. The van der Waals surface area contributed by atoms with E-state index in [1.807, 2.05) is 6.08 Å². The zero-order valence-corrected chi connectivity index (χ0v) is 22.2. The highest BCUT2D eigenvalue weighted by atomic mass is 16.5. The zero-order valence-electron chi connectivity index (χ0n) is 22.2. The minimum atomic E-state index is -0.148. The Hall–Kier alpha value is -2.48. The largest absolute Gasteiger partial charge is 0.497 e. The van der Waals surface area contributed by atoms with E-state index in [1.54, 1.807) is 35.5 Å². The average Bonchev–Trinajstić information content (AvgIpc) is 2.93. The summed E-state index contributed by atoms with van der Waals surface area (Å²) in [5.41, 5.74) is 5.39. The smallest absolute Gasteiger partial charge is 0.156 e. The van der Waals surface area contributed by atoms with Gasteiger partial charge in [-0.25, -0.2) is 0 Å². The summed E-state index contributed by atoms with van der Waals surface area (Å²) in [6.07, 6.45) is 13.1. The van der Waals surface area contributed by atoms with E-state index in [0.29, 0.717) is 18.6 Å². The van der Waals surface area contributed by atoms with Crippen LogP contribution in [-0.2, 0) is 28.4 Å². The molecular formula is C29H39NO6. The molecule has 0 N–H and O–H groups in total. The van der Waals surface area contributed by atoms with Gasteiger partial charge in [0.1, 0.15) is 30.3 Å². The van der Waals surface area contributed by atoms with Gasteiger partial charge in [-0.1, -0.05) is 6.08 Å². The number of ether oxygens (including phenoxy) is 6. The van der Waals surface area contributed by atoms with Crippen molar-refractivity contribution in [1.29, 1.82) is 0 Å². The fourth-order valence-electron chi connectivity index (χ4n) is 6.51. The van der Waals surface area contributed by atoms with Crippen LogP contribution in [0.3, 0.4) is 0 Å². The molecule has 36 heavy (non-hydrogen) atoms. The lowest BCUT2D eigenvalue weighted by atomic mass is 9.65. The Balaban J connectivity index is 1.46. The molecule has 1 fully saturated rings. The molecule has 1 aliphatic heterocycles. The van der Waals surface area contributed by atoms with Crippen LogP contribution in [-0.4, -0.2) is 78.4 Å². The second-order valence-corrected chi connectivity index (χ2v) is 9.89. The van der Waals surface area contributed by atoms with Gasteiger partial charge in [0.2, 0.25) is 0 Å². The van der Waals surface area contributed by atoms with E-state index in [4.69, 9.17) is 28.4 Å². The lowest BCUT2D eigenvalue weighted by Gasteiger charge is -2.50. The van der Waals surface area contributed by atoms with E-state index in [9.17, 15) is 0 Å². The van der Waals surface area contributed by atoms with Gasteiger partial charge in [0.25, 0.3) is 0 Å². The van der Waals surface area contributed by atoms with Crippen molar-refractivity contribution in [2.45, 2.75) is 50.4 Å². The van der Waals surface area contributed by atoms with Crippen LogP contribution in [0.15, 0.2) is 69.6 Å². The van der Waals surface area contributed by atoms with Crippen LogP contribution >= 0.6 is 0 Å². The maximum atomic E-state index is 6.20. The second-order valence-electron chi connectivity index (χ2n) is 9.89. The average molecular weight is 498 g/mol. The van der Waals surface area contributed by atoms with Crippen LogP contribution in [0.5, 0.6) is 0 Å². The molecule has 1 heterocycles. The van der Waals surface area contributed by atoms with E-state index in [2.05, 4.69) is 23.1 Å². The van der Waals surface area contributed by atoms with Crippen molar-refractivity contribution >= 4 is 0 Å². The Kier molecular flexibility index (Phi) is 7.60. The summed E-state index contributed by atoms with van der Waals surface area (Å²) in [6, 6.07) is 0.307. The first-order valence-corrected chi connectivity index (χ1v) is 13.0. The Morgan fingerprint density at radius 3 is 2.47 bits per heavy atom. The molecule has 5 rings (SSSR count). The summed E-state index contributed by atoms with van der Waals surface area (Å²) in [5, 5.41) is 0. The standard InChI is InChI=1S/C29H39NO6/c1-31-22-8-6-7-9-23(22)36-13-12-30-11-10-18-15-26(34-4)29(35-5)28-20-17-25(33-3)24(32-2)16-19(20)14-21(30)27(18)28/h7,9,15,17,19,21,26,29H,6,8,10-14,16H2,1-5H3. The monoisotopic (exact) mass is 497 g/mol. The molecule has 0 saturated carbocycles. The minimum Gasteiger partial charge on any atom is -0.497 e. The third kappa shape index (κ3) is 4.42. The van der Waals surface area contributed by atoms with Gasteiger partial charge in [-0.2, -0.15) is 0 Å². The SMILES string of the molecule is COC1=C(OC)CC2CC3C4=C(C2=C1)C(OC)C(OC)C=C4CCN3CCOC1=C(OC)CCC=C1. The van der Waals surface area contributed by atoms with E-state index in [0.717, 1.165) is 68.2 Å². The molecular weight excluding hydrogens is 458 g/mol. The summed E-state index contributed by atoms with van der Waals surface area (Å²) >= 11 is 0. The number of hydrogen-bond donors (Lipinski definition) is 0. The lowest BCUT2D eigenvalue weighted by Crippen LogP contribution is -2.51. The van der Waals surface area contributed by atoms with E-state index >= 15 is 0 Å². The van der Waals surface area contributed by atoms with Crippen LogP contribution in [0.2, 0.25) is 0 Å². The first-order chi connectivity index (χ1) is 17.6. The van der Waals surface area contributed by atoms with Crippen LogP contribution in [0.1, 0.15) is 32.1 Å². The first kappa shape index (κ1) is 25.2. The Morgan fingerprint density at radius 2 is 1.75 bits per heavy atom. The van der Waals surface area contributed by atoms with E-state index < -0.39 is 0 Å². The maximum Gasteiger partial charge on any atom is 0.156 e. The Bertz CT molecular complexity index is 1050. The summed E-state index contributed by atoms with van der Waals surface area (Å²) in [4.78, 5) is 2.59. The van der Waals surface area contributed by atoms with Crippen LogP contribution in [0.4, 0.5) is 0 Å². The van der Waals surface area contributed by atoms with E-state index in [1.165, 1.54) is 22.3 Å². The van der Waals surface area contributed by atoms with Gasteiger partial charge in [0.05, 0.1) is 21.3 Å². The fourth-order valence-corrected chi connectivity index (χ4v) is 6.51. The minimum absolute atomic E-state index is 0.102. The molecule has 4 aliphatic carbocycles. The third-order valence-electron chi connectivity index (χ3n) is 8.24. The van der Waals surface area contributed by atoms with Gasteiger partial charge < -0.3 is 28.4 Å². The van der Waals surface area contributed by atoms with Crippen molar-refractivity contribution < 1.29 is 28.4 Å². The number of piperidine rings is 1. The van der Waals surface area contributed by atoms with Crippen molar-refractivity contribution in [3.05, 3.63) is 69.6 Å². The van der Waals surface area contributed by atoms with Crippen LogP contribution in [0, 0.1) is 5.92 Å². The quantitative estimate of drug-likeness (QED) is 0.468. The van der Waals surface area contributed by atoms with Crippen molar-refractivity contribution in [2.24, 2.45) is 5.92 Å². The van der Waals surface area contributed by atoms with E-state index in [-0.39, 0.29) is 12.2 Å². The molecule has 0 spiro atoms. The molecule has 5 aliphatic rings. The molecule has 4 unspecified atom stereocenters. The number of methoxy groups -OCH3 is 5. The molecule has 4 atom stereocenters. The van der Waals surface area contributed by atoms with Crippen molar-refractivity contribution in [1.82, 2.24) is 4.90 Å². The molecule has 0 aromatic rings. The lowest BCUT2D eigenvalue weighted by molar-refractivity contribution is 0.00248. The summed E-state index contributed by atoms with van der Waals surface area (Å²) in [5.74, 6) is 3.86. The van der Waals surface area contributed by atoms with Gasteiger partial charge >= 0.3 is 0 Å². The molecule has 196 valence electrons. The van der Waals surface area contributed by atoms with Crippen molar-refractivity contribution in [3.8, 4) is 0 Å². The molecule has 0 radical (unpaired) electrons.